The molecule has 0 saturated carbocycles. The highest BCUT2D eigenvalue weighted by molar-refractivity contribution is 6.35. The summed E-state index contributed by atoms with van der Waals surface area (Å²) in [5, 5.41) is 13.8. The summed E-state index contributed by atoms with van der Waals surface area (Å²) < 4.78 is 5.80. The maximum absolute atomic E-state index is 12.1. The van der Waals surface area contributed by atoms with Crippen molar-refractivity contribution >= 4 is 29.1 Å². The highest BCUT2D eigenvalue weighted by Gasteiger charge is 2.15. The van der Waals surface area contributed by atoms with Crippen LogP contribution in [0.5, 0.6) is 0 Å². The van der Waals surface area contributed by atoms with Crippen molar-refractivity contribution in [3.63, 3.8) is 0 Å². The molecule has 0 aliphatic heterocycles. The monoisotopic (exact) mass is 418 g/mol. The van der Waals surface area contributed by atoms with Crippen molar-refractivity contribution in [1.82, 2.24) is 10.3 Å². The highest BCUT2D eigenvalue weighted by Crippen LogP contribution is 2.26. The molecule has 1 aromatic heterocycles. The molecule has 0 aliphatic rings. The van der Waals surface area contributed by atoms with Crippen LogP contribution in [-0.4, -0.2) is 22.5 Å². The molecule has 0 radical (unpaired) electrons. The Bertz CT molecular complexity index is 958. The fraction of sp³-hybridized carbons (Fsp3) is 0.238. The first-order valence-electron chi connectivity index (χ1n) is 8.85. The fourth-order valence-corrected chi connectivity index (χ4v) is 3.35. The third-order valence-electron chi connectivity index (χ3n) is 4.26. The Morgan fingerprint density at radius 2 is 1.96 bits per heavy atom. The average molecular weight is 419 g/mol. The minimum absolute atomic E-state index is 0.0556. The van der Waals surface area contributed by atoms with E-state index in [-0.39, 0.29) is 18.9 Å². The van der Waals surface area contributed by atoms with E-state index < -0.39 is 6.10 Å². The lowest BCUT2D eigenvalue weighted by atomic mass is 10.1. The second-order valence-corrected chi connectivity index (χ2v) is 7.22. The van der Waals surface area contributed by atoms with Gasteiger partial charge in [0.15, 0.2) is 11.7 Å². The van der Waals surface area contributed by atoms with Gasteiger partial charge in [-0.25, -0.2) is 4.98 Å². The van der Waals surface area contributed by atoms with Gasteiger partial charge in [-0.3, -0.25) is 4.79 Å². The first-order valence-corrected chi connectivity index (χ1v) is 9.61. The summed E-state index contributed by atoms with van der Waals surface area (Å²) in [5.41, 5.74) is 2.25. The van der Waals surface area contributed by atoms with Gasteiger partial charge in [-0.15, -0.1) is 0 Å². The van der Waals surface area contributed by atoms with E-state index in [0.29, 0.717) is 33.7 Å². The van der Waals surface area contributed by atoms with E-state index in [1.54, 1.807) is 18.2 Å². The van der Waals surface area contributed by atoms with Crippen LogP contribution in [0.4, 0.5) is 0 Å². The molecular formula is C21H20Cl2N2O3. The molecular weight excluding hydrogens is 399 g/mol. The predicted molar refractivity (Wildman–Crippen MR) is 109 cm³/mol. The van der Waals surface area contributed by atoms with Gasteiger partial charge >= 0.3 is 0 Å². The van der Waals surface area contributed by atoms with Gasteiger partial charge in [0.05, 0.1) is 11.8 Å². The molecule has 1 heterocycles. The maximum Gasteiger partial charge on any atom is 0.220 e. The zero-order valence-corrected chi connectivity index (χ0v) is 16.8. The molecule has 1 amide bonds. The van der Waals surface area contributed by atoms with Crippen LogP contribution >= 0.6 is 23.2 Å². The number of hydrogen-bond acceptors (Lipinski definition) is 4. The minimum Gasteiger partial charge on any atom is -0.440 e. The van der Waals surface area contributed by atoms with Crippen LogP contribution in [0.2, 0.25) is 10.0 Å². The number of rotatable bonds is 7. The van der Waals surface area contributed by atoms with Crippen LogP contribution < -0.4 is 5.32 Å². The van der Waals surface area contributed by atoms with Crippen molar-refractivity contribution in [3.05, 3.63) is 75.7 Å². The van der Waals surface area contributed by atoms with Crippen LogP contribution in [0.15, 0.2) is 52.9 Å². The molecule has 0 fully saturated rings. The van der Waals surface area contributed by atoms with Gasteiger partial charge in [0, 0.05) is 40.6 Å². The normalized spacial score (nSPS) is 12.0. The summed E-state index contributed by atoms with van der Waals surface area (Å²) in [4.78, 5) is 16.5. The zero-order valence-electron chi connectivity index (χ0n) is 15.3. The second kappa shape index (κ2) is 9.24. The van der Waals surface area contributed by atoms with Crippen LogP contribution in [0.1, 0.15) is 29.7 Å². The molecule has 1 unspecified atom stereocenters. The van der Waals surface area contributed by atoms with Gasteiger partial charge < -0.3 is 14.8 Å². The molecule has 0 spiro atoms. The van der Waals surface area contributed by atoms with Gasteiger partial charge in [-0.2, -0.15) is 0 Å². The molecule has 0 saturated heterocycles. The smallest absolute Gasteiger partial charge is 0.220 e. The number of aliphatic hydroxyl groups is 1. The Hall–Kier alpha value is -2.34. The van der Waals surface area contributed by atoms with E-state index in [2.05, 4.69) is 10.3 Å². The molecule has 0 bridgehead atoms. The summed E-state index contributed by atoms with van der Waals surface area (Å²) in [6.45, 7) is 1.93. The van der Waals surface area contributed by atoms with Crippen molar-refractivity contribution in [2.75, 3.05) is 6.54 Å². The Morgan fingerprint density at radius 1 is 1.21 bits per heavy atom. The minimum atomic E-state index is -0.914. The quantitative estimate of drug-likeness (QED) is 0.580. The Kier molecular flexibility index (Phi) is 6.73. The Labute approximate surface area is 173 Å². The highest BCUT2D eigenvalue weighted by atomic mass is 35.5. The van der Waals surface area contributed by atoms with E-state index in [1.165, 1.54) is 0 Å². The van der Waals surface area contributed by atoms with Crippen LogP contribution in [0, 0.1) is 6.92 Å². The number of halogens is 2. The number of benzene rings is 2. The Balaban J connectivity index is 1.52. The maximum atomic E-state index is 12.1. The van der Waals surface area contributed by atoms with Gasteiger partial charge in [0.2, 0.25) is 5.91 Å². The molecule has 146 valence electrons. The standard InChI is InChI=1S/C21H20Cl2N2O3/c1-13-21(14-5-3-2-4-6-14)28-20(25-13)10-9-19(27)24-12-18(26)16-8-7-15(22)11-17(16)23/h2-8,11,18,26H,9-10,12H2,1H3,(H,24,27). The fourth-order valence-electron chi connectivity index (χ4n) is 2.82. The first-order chi connectivity index (χ1) is 13.4. The number of oxazole rings is 1. The molecule has 3 rings (SSSR count). The van der Waals surface area contributed by atoms with E-state index >= 15 is 0 Å². The van der Waals surface area contributed by atoms with E-state index in [9.17, 15) is 9.90 Å². The van der Waals surface area contributed by atoms with Crippen LogP contribution in [0.25, 0.3) is 11.3 Å². The molecule has 0 aliphatic carbocycles. The van der Waals surface area contributed by atoms with Crippen molar-refractivity contribution in [2.24, 2.45) is 0 Å². The molecule has 2 aromatic carbocycles. The number of aliphatic hydroxyl groups excluding tert-OH is 1. The molecule has 2 N–H and O–H groups in total. The number of hydrogen-bond donors (Lipinski definition) is 2. The summed E-state index contributed by atoms with van der Waals surface area (Å²) in [6, 6.07) is 14.5. The third-order valence-corrected chi connectivity index (χ3v) is 4.82. The summed E-state index contributed by atoms with van der Waals surface area (Å²) in [5.74, 6) is 1.01. The summed E-state index contributed by atoms with van der Waals surface area (Å²) in [7, 11) is 0. The lowest BCUT2D eigenvalue weighted by Crippen LogP contribution is -2.28. The third kappa shape index (κ3) is 5.13. The zero-order chi connectivity index (χ0) is 20.1. The van der Waals surface area contributed by atoms with Crippen molar-refractivity contribution in [2.45, 2.75) is 25.9 Å². The number of aryl methyl sites for hydroxylation is 2. The first kappa shape index (κ1) is 20.4. The molecule has 3 aromatic rings. The summed E-state index contributed by atoms with van der Waals surface area (Å²) >= 11 is 11.9. The number of aromatic nitrogens is 1. The summed E-state index contributed by atoms with van der Waals surface area (Å²) in [6.07, 6.45) is -0.339. The van der Waals surface area contributed by atoms with Crippen LogP contribution in [-0.2, 0) is 11.2 Å². The molecule has 7 heteroatoms. The number of amides is 1. The van der Waals surface area contributed by atoms with Crippen molar-refractivity contribution < 1.29 is 14.3 Å². The predicted octanol–water partition coefficient (Wildman–Crippen LogP) is 4.74. The van der Waals surface area contributed by atoms with Crippen LogP contribution in [0.3, 0.4) is 0 Å². The second-order valence-electron chi connectivity index (χ2n) is 6.37. The van der Waals surface area contributed by atoms with E-state index in [1.807, 2.05) is 37.3 Å². The topological polar surface area (TPSA) is 75.4 Å². The molecule has 28 heavy (non-hydrogen) atoms. The van der Waals surface area contributed by atoms with Crippen molar-refractivity contribution in [3.8, 4) is 11.3 Å². The molecule has 5 nitrogen and oxygen atoms in total. The lowest BCUT2D eigenvalue weighted by Gasteiger charge is -2.13. The van der Waals surface area contributed by atoms with Gasteiger partial charge in [0.25, 0.3) is 0 Å². The van der Waals surface area contributed by atoms with Crippen molar-refractivity contribution in [1.29, 1.82) is 0 Å². The SMILES string of the molecule is Cc1nc(CCC(=O)NCC(O)c2ccc(Cl)cc2Cl)oc1-c1ccccc1. The number of nitrogens with zero attached hydrogens (tertiary/aromatic N) is 1. The average Bonchev–Trinajstić information content (AvgIpc) is 3.06. The lowest BCUT2D eigenvalue weighted by molar-refractivity contribution is -0.121. The number of nitrogens with one attached hydrogen (secondary N) is 1. The van der Waals surface area contributed by atoms with Gasteiger partial charge in [0.1, 0.15) is 0 Å². The van der Waals surface area contributed by atoms with E-state index in [0.717, 1.165) is 11.3 Å². The van der Waals surface area contributed by atoms with Gasteiger partial charge in [-0.1, -0.05) is 59.6 Å². The van der Waals surface area contributed by atoms with Gasteiger partial charge in [-0.05, 0) is 19.1 Å². The molecule has 1 atom stereocenters. The number of carbonyl (C=O) groups is 1. The Morgan fingerprint density at radius 3 is 2.68 bits per heavy atom. The number of carbonyl (C=O) groups excluding carboxylic acids is 1. The van der Waals surface area contributed by atoms with E-state index in [4.69, 9.17) is 27.6 Å². The largest absolute Gasteiger partial charge is 0.440 e.